The Hall–Kier alpha value is -1.52. The Morgan fingerprint density at radius 2 is 1.75 bits per heavy atom. The van der Waals surface area contributed by atoms with Gasteiger partial charge in [-0.1, -0.05) is 33.6 Å². The van der Waals surface area contributed by atoms with Crippen molar-refractivity contribution >= 4 is 44.9 Å². The molecule has 2 aromatic carbocycles. The van der Waals surface area contributed by atoms with Crippen molar-refractivity contribution in [1.29, 1.82) is 0 Å². The minimum absolute atomic E-state index is 0.291. The highest BCUT2D eigenvalue weighted by atomic mass is 79.9. The van der Waals surface area contributed by atoms with Crippen molar-refractivity contribution < 1.29 is 4.79 Å². The van der Waals surface area contributed by atoms with Crippen LogP contribution in [0, 0.1) is 13.8 Å². The van der Waals surface area contributed by atoms with Gasteiger partial charge in [0.25, 0.3) is 0 Å². The molecule has 0 saturated heterocycles. The summed E-state index contributed by atoms with van der Waals surface area (Å²) >= 11 is 9.31. The standard InChI is InChI=1S/C15H14BrClN2O/c1-9-6-11(16)7-10(2)14(9)19-15(20)18-13-5-3-4-12(17)8-13/h3-8H,1-2H3,(H2,18,19,20). The Bertz CT molecular complexity index is 635. The molecule has 3 nitrogen and oxygen atoms in total. The SMILES string of the molecule is Cc1cc(Br)cc(C)c1NC(=O)Nc1cccc(Cl)c1. The summed E-state index contributed by atoms with van der Waals surface area (Å²) in [4.78, 5) is 12.0. The molecule has 0 aliphatic carbocycles. The lowest BCUT2D eigenvalue weighted by Crippen LogP contribution is -2.20. The number of halogens is 2. The van der Waals surface area contributed by atoms with E-state index in [0.717, 1.165) is 21.3 Å². The number of amides is 2. The molecule has 0 heterocycles. The van der Waals surface area contributed by atoms with Crippen LogP contribution in [0.1, 0.15) is 11.1 Å². The molecule has 0 aromatic heterocycles. The number of aryl methyl sites for hydroxylation is 2. The van der Waals surface area contributed by atoms with E-state index in [1.807, 2.05) is 26.0 Å². The zero-order valence-corrected chi connectivity index (χ0v) is 13.5. The van der Waals surface area contributed by atoms with Gasteiger partial charge in [-0.15, -0.1) is 0 Å². The Morgan fingerprint density at radius 1 is 1.10 bits per heavy atom. The fourth-order valence-corrected chi connectivity index (χ4v) is 2.83. The summed E-state index contributed by atoms with van der Waals surface area (Å²) in [6.45, 7) is 3.90. The fourth-order valence-electron chi connectivity index (χ4n) is 1.95. The van der Waals surface area contributed by atoms with Crippen LogP contribution in [-0.2, 0) is 0 Å². The quantitative estimate of drug-likeness (QED) is 0.749. The van der Waals surface area contributed by atoms with Crippen LogP contribution in [0.5, 0.6) is 0 Å². The number of nitrogens with one attached hydrogen (secondary N) is 2. The van der Waals surface area contributed by atoms with Crippen LogP contribution in [0.25, 0.3) is 0 Å². The summed E-state index contributed by atoms with van der Waals surface area (Å²) in [7, 11) is 0. The highest BCUT2D eigenvalue weighted by molar-refractivity contribution is 9.10. The van der Waals surface area contributed by atoms with Crippen LogP contribution in [0.4, 0.5) is 16.2 Å². The van der Waals surface area contributed by atoms with Crippen molar-refractivity contribution in [3.8, 4) is 0 Å². The molecule has 5 heteroatoms. The number of rotatable bonds is 2. The van der Waals surface area contributed by atoms with Gasteiger partial charge in [0.15, 0.2) is 0 Å². The average molecular weight is 354 g/mol. The molecule has 20 heavy (non-hydrogen) atoms. The lowest BCUT2D eigenvalue weighted by molar-refractivity contribution is 0.262. The number of hydrogen-bond acceptors (Lipinski definition) is 1. The third-order valence-corrected chi connectivity index (χ3v) is 3.51. The monoisotopic (exact) mass is 352 g/mol. The third-order valence-electron chi connectivity index (χ3n) is 2.82. The molecule has 2 N–H and O–H groups in total. The van der Waals surface area contributed by atoms with Crippen molar-refractivity contribution in [2.75, 3.05) is 10.6 Å². The van der Waals surface area contributed by atoms with E-state index in [-0.39, 0.29) is 6.03 Å². The van der Waals surface area contributed by atoms with Crippen LogP contribution in [-0.4, -0.2) is 6.03 Å². The summed E-state index contributed by atoms with van der Waals surface area (Å²) in [5.74, 6) is 0. The van der Waals surface area contributed by atoms with E-state index in [9.17, 15) is 4.79 Å². The highest BCUT2D eigenvalue weighted by Gasteiger charge is 2.08. The van der Waals surface area contributed by atoms with Crippen LogP contribution in [0.3, 0.4) is 0 Å². The molecule has 2 aromatic rings. The summed E-state index contributed by atoms with van der Waals surface area (Å²) in [5, 5.41) is 6.20. The van der Waals surface area contributed by atoms with Gasteiger partial charge in [0.2, 0.25) is 0 Å². The first-order valence-corrected chi connectivity index (χ1v) is 7.23. The van der Waals surface area contributed by atoms with Gasteiger partial charge in [0.1, 0.15) is 0 Å². The van der Waals surface area contributed by atoms with E-state index in [4.69, 9.17) is 11.6 Å². The number of anilines is 2. The van der Waals surface area contributed by atoms with Gasteiger partial charge in [-0.2, -0.15) is 0 Å². The van der Waals surface area contributed by atoms with Gasteiger partial charge >= 0.3 is 6.03 Å². The summed E-state index contributed by atoms with van der Waals surface area (Å²) in [6, 6.07) is 10.7. The molecule has 2 rings (SSSR count). The third kappa shape index (κ3) is 3.74. The van der Waals surface area contributed by atoms with Crippen molar-refractivity contribution in [3.05, 3.63) is 57.0 Å². The Kier molecular flexibility index (Phi) is 4.68. The number of carbonyl (C=O) groups is 1. The summed E-state index contributed by atoms with van der Waals surface area (Å²) in [5.41, 5.74) is 3.46. The zero-order chi connectivity index (χ0) is 14.7. The molecule has 0 fully saturated rings. The van der Waals surface area contributed by atoms with Gasteiger partial charge in [-0.25, -0.2) is 4.79 Å². The van der Waals surface area contributed by atoms with Crippen LogP contribution in [0.15, 0.2) is 40.9 Å². The normalized spacial score (nSPS) is 10.2. The second-order valence-corrected chi connectivity index (χ2v) is 5.86. The maximum absolute atomic E-state index is 12.0. The van der Waals surface area contributed by atoms with E-state index in [1.54, 1.807) is 24.3 Å². The summed E-state index contributed by atoms with van der Waals surface area (Å²) in [6.07, 6.45) is 0. The molecule has 0 atom stereocenters. The maximum Gasteiger partial charge on any atom is 0.323 e. The molecular formula is C15H14BrClN2O. The van der Waals surface area contributed by atoms with Crippen LogP contribution >= 0.6 is 27.5 Å². The Morgan fingerprint density at radius 3 is 2.35 bits per heavy atom. The minimum Gasteiger partial charge on any atom is -0.308 e. The largest absolute Gasteiger partial charge is 0.323 e. The van der Waals surface area contributed by atoms with Gasteiger partial charge in [-0.05, 0) is 55.3 Å². The molecular weight excluding hydrogens is 340 g/mol. The van der Waals surface area contributed by atoms with Gasteiger partial charge < -0.3 is 10.6 Å². The lowest BCUT2D eigenvalue weighted by Gasteiger charge is -2.13. The van der Waals surface area contributed by atoms with E-state index < -0.39 is 0 Å². The fraction of sp³-hybridized carbons (Fsp3) is 0.133. The van der Waals surface area contributed by atoms with Gasteiger partial charge in [0.05, 0.1) is 0 Å². The molecule has 0 radical (unpaired) electrons. The minimum atomic E-state index is -0.291. The molecule has 0 spiro atoms. The van der Waals surface area contributed by atoms with Crippen molar-refractivity contribution in [2.24, 2.45) is 0 Å². The molecule has 104 valence electrons. The van der Waals surface area contributed by atoms with E-state index in [0.29, 0.717) is 10.7 Å². The molecule has 2 amide bonds. The van der Waals surface area contributed by atoms with Gasteiger partial charge in [0, 0.05) is 20.9 Å². The smallest absolute Gasteiger partial charge is 0.308 e. The number of carbonyl (C=O) groups excluding carboxylic acids is 1. The highest BCUT2D eigenvalue weighted by Crippen LogP contribution is 2.25. The number of benzene rings is 2. The van der Waals surface area contributed by atoms with E-state index in [1.165, 1.54) is 0 Å². The van der Waals surface area contributed by atoms with E-state index in [2.05, 4.69) is 26.6 Å². The predicted molar refractivity (Wildman–Crippen MR) is 87.7 cm³/mol. The Balaban J connectivity index is 2.13. The van der Waals surface area contributed by atoms with Crippen molar-refractivity contribution in [3.63, 3.8) is 0 Å². The molecule has 0 aliphatic rings. The zero-order valence-electron chi connectivity index (χ0n) is 11.1. The van der Waals surface area contributed by atoms with Crippen molar-refractivity contribution in [2.45, 2.75) is 13.8 Å². The molecule has 0 aliphatic heterocycles. The van der Waals surface area contributed by atoms with E-state index >= 15 is 0 Å². The second-order valence-electron chi connectivity index (χ2n) is 4.50. The lowest BCUT2D eigenvalue weighted by atomic mass is 10.1. The number of hydrogen-bond donors (Lipinski definition) is 2. The summed E-state index contributed by atoms with van der Waals surface area (Å²) < 4.78 is 0.994. The van der Waals surface area contributed by atoms with Gasteiger partial charge in [-0.3, -0.25) is 0 Å². The number of urea groups is 1. The topological polar surface area (TPSA) is 41.1 Å². The first-order valence-electron chi connectivity index (χ1n) is 6.06. The average Bonchev–Trinajstić information content (AvgIpc) is 2.33. The predicted octanol–water partition coefficient (Wildman–Crippen LogP) is 5.36. The molecule has 0 unspecified atom stereocenters. The molecule has 0 saturated carbocycles. The second kappa shape index (κ2) is 6.29. The van der Waals surface area contributed by atoms with Crippen LogP contribution < -0.4 is 10.6 Å². The molecule has 0 bridgehead atoms. The Labute approximate surface area is 131 Å². The first kappa shape index (κ1) is 14.9. The first-order chi connectivity index (χ1) is 9.45. The van der Waals surface area contributed by atoms with Crippen molar-refractivity contribution in [1.82, 2.24) is 0 Å². The maximum atomic E-state index is 12.0. The van der Waals surface area contributed by atoms with Crippen LogP contribution in [0.2, 0.25) is 5.02 Å².